The Morgan fingerprint density at radius 1 is 1.19 bits per heavy atom. The highest BCUT2D eigenvalue weighted by Crippen LogP contribution is 2.09. The second-order valence-corrected chi connectivity index (χ2v) is 6.15. The van der Waals surface area contributed by atoms with E-state index in [4.69, 9.17) is 4.74 Å². The third-order valence-corrected chi connectivity index (χ3v) is 4.16. The fourth-order valence-electron chi connectivity index (χ4n) is 2.85. The molecule has 0 N–H and O–H groups in total. The molecule has 7 heteroatoms. The number of esters is 1. The van der Waals surface area contributed by atoms with E-state index in [1.807, 2.05) is 35.2 Å². The third kappa shape index (κ3) is 4.98. The van der Waals surface area contributed by atoms with E-state index in [1.54, 1.807) is 31.6 Å². The van der Waals surface area contributed by atoms with Gasteiger partial charge >= 0.3 is 5.97 Å². The molecule has 0 spiro atoms. The number of ether oxygens (including phenoxy) is 1. The van der Waals surface area contributed by atoms with E-state index in [0.29, 0.717) is 25.1 Å². The maximum atomic E-state index is 12.7. The molecule has 1 aromatic carbocycles. The predicted octanol–water partition coefficient (Wildman–Crippen LogP) is 2.20. The zero-order valence-corrected chi connectivity index (χ0v) is 15.2. The van der Waals surface area contributed by atoms with Crippen LogP contribution in [0.5, 0.6) is 0 Å². The number of hydrogen-bond acceptors (Lipinski definition) is 6. The normalized spacial score (nSPS) is 11.0. The Hall–Kier alpha value is -3.06. The molecule has 2 heterocycles. The van der Waals surface area contributed by atoms with Gasteiger partial charge in [0.1, 0.15) is 0 Å². The van der Waals surface area contributed by atoms with Gasteiger partial charge in [-0.1, -0.05) is 24.3 Å². The number of aromatic nitrogens is 3. The number of benzene rings is 1. The molecule has 140 valence electrons. The van der Waals surface area contributed by atoms with Gasteiger partial charge in [-0.15, -0.1) is 0 Å². The van der Waals surface area contributed by atoms with E-state index in [0.717, 1.165) is 10.9 Å². The van der Waals surface area contributed by atoms with Gasteiger partial charge in [-0.25, -0.2) is 4.68 Å². The van der Waals surface area contributed by atoms with Gasteiger partial charge in [0.2, 0.25) is 0 Å². The summed E-state index contributed by atoms with van der Waals surface area (Å²) in [6, 6.07) is 11.2. The van der Waals surface area contributed by atoms with Gasteiger partial charge < -0.3 is 4.74 Å². The van der Waals surface area contributed by atoms with Crippen LogP contribution in [0.1, 0.15) is 18.9 Å². The predicted molar refractivity (Wildman–Crippen MR) is 102 cm³/mol. The Bertz CT molecular complexity index is 956. The van der Waals surface area contributed by atoms with Crippen LogP contribution in [-0.2, 0) is 22.7 Å². The van der Waals surface area contributed by atoms with Crippen LogP contribution in [0.3, 0.4) is 0 Å². The van der Waals surface area contributed by atoms with Crippen LogP contribution in [-0.4, -0.2) is 38.8 Å². The van der Waals surface area contributed by atoms with Crippen molar-refractivity contribution < 1.29 is 9.53 Å². The first kappa shape index (κ1) is 18.7. The summed E-state index contributed by atoms with van der Waals surface area (Å²) in [5.74, 6) is -0.257. The molecule has 3 rings (SSSR count). The van der Waals surface area contributed by atoms with E-state index in [9.17, 15) is 9.59 Å². The molecule has 0 bridgehead atoms. The van der Waals surface area contributed by atoms with Crippen molar-refractivity contribution in [2.45, 2.75) is 26.6 Å². The van der Waals surface area contributed by atoms with Gasteiger partial charge in [-0.05, 0) is 24.6 Å². The fraction of sp³-hybridized carbons (Fsp3) is 0.300. The largest absolute Gasteiger partial charge is 0.466 e. The van der Waals surface area contributed by atoms with Crippen molar-refractivity contribution in [1.82, 2.24) is 19.7 Å². The molecule has 0 fully saturated rings. The number of fused-ring (bicyclic) bond motifs is 1. The molecule has 0 aliphatic rings. The van der Waals surface area contributed by atoms with Crippen molar-refractivity contribution in [2.75, 3.05) is 13.2 Å². The fourth-order valence-corrected chi connectivity index (χ4v) is 2.85. The zero-order chi connectivity index (χ0) is 19.1. The average Bonchev–Trinajstić information content (AvgIpc) is 2.69. The maximum absolute atomic E-state index is 12.7. The molecule has 2 aromatic heterocycles. The van der Waals surface area contributed by atoms with Crippen LogP contribution >= 0.6 is 0 Å². The average molecular weight is 366 g/mol. The molecule has 0 saturated carbocycles. The first-order valence-electron chi connectivity index (χ1n) is 8.89. The lowest BCUT2D eigenvalue weighted by Gasteiger charge is -2.22. The first-order chi connectivity index (χ1) is 13.2. The van der Waals surface area contributed by atoms with Gasteiger partial charge in [0, 0.05) is 30.9 Å². The molecule has 0 radical (unpaired) electrons. The molecule has 7 nitrogen and oxygen atoms in total. The molecular formula is C20H22N4O3. The second kappa shape index (κ2) is 9.05. The number of hydrogen-bond donors (Lipinski definition) is 0. The smallest absolute Gasteiger partial charge is 0.307 e. The van der Waals surface area contributed by atoms with E-state index < -0.39 is 0 Å². The molecule has 3 aromatic rings. The van der Waals surface area contributed by atoms with Gasteiger partial charge in [0.25, 0.3) is 5.56 Å². The number of carbonyl (C=O) groups excluding carboxylic acids is 1. The van der Waals surface area contributed by atoms with Crippen LogP contribution in [0.2, 0.25) is 0 Å². The molecule has 0 atom stereocenters. The maximum Gasteiger partial charge on any atom is 0.307 e. The van der Waals surface area contributed by atoms with Crippen LogP contribution in [0.4, 0.5) is 0 Å². The molecule has 27 heavy (non-hydrogen) atoms. The molecule has 0 aliphatic carbocycles. The van der Waals surface area contributed by atoms with Crippen molar-refractivity contribution in [2.24, 2.45) is 0 Å². The minimum atomic E-state index is -0.257. The van der Waals surface area contributed by atoms with Gasteiger partial charge in [0.05, 0.1) is 31.3 Å². The first-order valence-corrected chi connectivity index (χ1v) is 8.89. The quantitative estimate of drug-likeness (QED) is 0.569. The van der Waals surface area contributed by atoms with Gasteiger partial charge in [-0.2, -0.15) is 5.10 Å². The highest BCUT2D eigenvalue weighted by Gasteiger charge is 2.13. The molecule has 0 unspecified atom stereocenters. The summed E-state index contributed by atoms with van der Waals surface area (Å²) in [4.78, 5) is 30.6. The lowest BCUT2D eigenvalue weighted by atomic mass is 10.2. The Kier molecular flexibility index (Phi) is 6.27. The highest BCUT2D eigenvalue weighted by molar-refractivity contribution is 5.80. The standard InChI is InChI=1S/C20H22N4O3/c1-2-27-19(25)9-11-23(14-16-6-5-10-21-12-16)15-24-20(26)18-8-4-3-7-17(18)13-22-24/h3-8,10,12-13H,2,9,11,14-15H2,1H3. The van der Waals surface area contributed by atoms with Crippen LogP contribution in [0.25, 0.3) is 10.8 Å². The van der Waals surface area contributed by atoms with Gasteiger partial charge in [-0.3, -0.25) is 19.5 Å². The van der Waals surface area contributed by atoms with E-state index in [-0.39, 0.29) is 24.6 Å². The van der Waals surface area contributed by atoms with Crippen molar-refractivity contribution in [3.8, 4) is 0 Å². The Morgan fingerprint density at radius 2 is 2.04 bits per heavy atom. The van der Waals surface area contributed by atoms with Crippen LogP contribution < -0.4 is 5.56 Å². The summed E-state index contributed by atoms with van der Waals surface area (Å²) >= 11 is 0. The van der Waals surface area contributed by atoms with Crippen LogP contribution in [0.15, 0.2) is 59.8 Å². The van der Waals surface area contributed by atoms with E-state index in [1.165, 1.54) is 4.68 Å². The summed E-state index contributed by atoms with van der Waals surface area (Å²) in [6.07, 6.45) is 5.41. The SMILES string of the molecule is CCOC(=O)CCN(Cc1cccnc1)Cn1ncc2ccccc2c1=O. The van der Waals surface area contributed by atoms with Crippen molar-refractivity contribution in [3.63, 3.8) is 0 Å². The minimum Gasteiger partial charge on any atom is -0.466 e. The Morgan fingerprint density at radius 3 is 2.81 bits per heavy atom. The van der Waals surface area contributed by atoms with Crippen molar-refractivity contribution in [3.05, 3.63) is 70.9 Å². The number of carbonyl (C=O) groups is 1. The number of rotatable bonds is 8. The highest BCUT2D eigenvalue weighted by atomic mass is 16.5. The Labute approximate surface area is 157 Å². The third-order valence-electron chi connectivity index (χ3n) is 4.16. The zero-order valence-electron chi connectivity index (χ0n) is 15.2. The summed E-state index contributed by atoms with van der Waals surface area (Å²) in [6.45, 7) is 3.41. The van der Waals surface area contributed by atoms with Gasteiger partial charge in [0.15, 0.2) is 0 Å². The molecular weight excluding hydrogens is 344 g/mol. The Balaban J connectivity index is 1.80. The van der Waals surface area contributed by atoms with Crippen molar-refractivity contribution >= 4 is 16.7 Å². The topological polar surface area (TPSA) is 77.3 Å². The molecule has 0 aliphatic heterocycles. The molecule has 0 saturated heterocycles. The lowest BCUT2D eigenvalue weighted by Crippen LogP contribution is -2.35. The number of pyridine rings is 1. The summed E-state index contributed by atoms with van der Waals surface area (Å²) in [5.41, 5.74) is 0.843. The monoisotopic (exact) mass is 366 g/mol. The summed E-state index contributed by atoms with van der Waals surface area (Å²) in [5, 5.41) is 5.72. The van der Waals surface area contributed by atoms with E-state index in [2.05, 4.69) is 10.1 Å². The van der Waals surface area contributed by atoms with Crippen LogP contribution in [0, 0.1) is 0 Å². The minimum absolute atomic E-state index is 0.152. The summed E-state index contributed by atoms with van der Waals surface area (Å²) in [7, 11) is 0. The lowest BCUT2D eigenvalue weighted by molar-refractivity contribution is -0.143. The molecule has 0 amide bonds. The van der Waals surface area contributed by atoms with E-state index >= 15 is 0 Å². The summed E-state index contributed by atoms with van der Waals surface area (Å²) < 4.78 is 6.43. The number of nitrogens with zero attached hydrogens (tertiary/aromatic N) is 4. The van der Waals surface area contributed by atoms with Crippen molar-refractivity contribution in [1.29, 1.82) is 0 Å². The second-order valence-electron chi connectivity index (χ2n) is 6.15.